The number of benzene rings is 2. The molecule has 1 N–H and O–H groups in total. The van der Waals surface area contributed by atoms with Gasteiger partial charge >= 0.3 is 0 Å². The van der Waals surface area contributed by atoms with Crippen molar-refractivity contribution in [2.24, 2.45) is 5.10 Å². The van der Waals surface area contributed by atoms with Gasteiger partial charge in [-0.05, 0) is 48.9 Å². The molecule has 0 aromatic heterocycles. The summed E-state index contributed by atoms with van der Waals surface area (Å²) < 4.78 is 10.8. The molecule has 2 amide bonds. The number of amides is 2. The lowest BCUT2D eigenvalue weighted by atomic mass is 10.1. The largest absolute Gasteiger partial charge is 0.484 e. The molecule has 0 heterocycles. The van der Waals surface area contributed by atoms with Crippen molar-refractivity contribution in [2.45, 2.75) is 6.92 Å². The second-order valence-corrected chi connectivity index (χ2v) is 6.46. The third-order valence-corrected chi connectivity index (χ3v) is 3.99. The summed E-state index contributed by atoms with van der Waals surface area (Å²) in [5, 5.41) is 4.49. The predicted octanol–water partition coefficient (Wildman–Crippen LogP) is 2.73. The Hall–Kier alpha value is -3.06. The summed E-state index contributed by atoms with van der Waals surface area (Å²) in [6.07, 6.45) is 0. The molecule has 8 heteroatoms. The SMILES string of the molecule is C/C(=N\NC(=O)COc1ccccc1Cl)c1ccc(OCC(=O)N(C)C)cc1. The molecular weight excluding hydrogens is 382 g/mol. The topological polar surface area (TPSA) is 80.2 Å². The Bertz CT molecular complexity index is 851. The molecule has 7 nitrogen and oxygen atoms in total. The van der Waals surface area contributed by atoms with Crippen molar-refractivity contribution >= 4 is 29.1 Å². The van der Waals surface area contributed by atoms with Crippen LogP contribution in [-0.2, 0) is 9.59 Å². The van der Waals surface area contributed by atoms with E-state index in [2.05, 4.69) is 10.5 Å². The average Bonchev–Trinajstić information content (AvgIpc) is 2.69. The number of carbonyl (C=O) groups excluding carboxylic acids is 2. The third kappa shape index (κ3) is 6.59. The minimum absolute atomic E-state index is 0.0269. The summed E-state index contributed by atoms with van der Waals surface area (Å²) in [5.74, 6) is 0.484. The molecule has 2 aromatic carbocycles. The Kier molecular flexibility index (Phi) is 7.83. The zero-order valence-corrected chi connectivity index (χ0v) is 16.7. The van der Waals surface area contributed by atoms with Gasteiger partial charge in [0.05, 0.1) is 10.7 Å². The second-order valence-electron chi connectivity index (χ2n) is 6.05. The molecule has 0 atom stereocenters. The van der Waals surface area contributed by atoms with Crippen molar-refractivity contribution in [1.82, 2.24) is 10.3 Å². The lowest BCUT2D eigenvalue weighted by Crippen LogP contribution is -2.27. The summed E-state index contributed by atoms with van der Waals surface area (Å²) in [6, 6.07) is 14.0. The second kappa shape index (κ2) is 10.3. The standard InChI is InChI=1S/C20H22ClN3O4/c1-14(15-8-10-16(11-9-15)27-13-20(26)24(2)3)22-23-19(25)12-28-18-7-5-4-6-17(18)21/h4-11H,12-13H2,1-3H3,(H,23,25)/b22-14+. The molecule has 0 unspecified atom stereocenters. The molecule has 2 aromatic rings. The Balaban J connectivity index is 1.84. The van der Waals surface area contributed by atoms with Gasteiger partial charge in [-0.15, -0.1) is 0 Å². The zero-order valence-electron chi connectivity index (χ0n) is 15.9. The van der Waals surface area contributed by atoms with Gasteiger partial charge < -0.3 is 14.4 Å². The first-order valence-electron chi connectivity index (χ1n) is 8.50. The number of likely N-dealkylation sites (N-methyl/N-ethyl adjacent to an activating group) is 1. The summed E-state index contributed by atoms with van der Waals surface area (Å²) in [4.78, 5) is 24.9. The molecule has 0 saturated carbocycles. The summed E-state index contributed by atoms with van der Waals surface area (Å²) in [5.41, 5.74) is 3.85. The number of hydrogen-bond donors (Lipinski definition) is 1. The summed E-state index contributed by atoms with van der Waals surface area (Å²) in [7, 11) is 3.34. The predicted molar refractivity (Wildman–Crippen MR) is 108 cm³/mol. The van der Waals surface area contributed by atoms with Crippen LogP contribution in [0.15, 0.2) is 53.6 Å². The van der Waals surface area contributed by atoms with Gasteiger partial charge in [-0.3, -0.25) is 9.59 Å². The van der Waals surface area contributed by atoms with E-state index in [1.54, 1.807) is 69.6 Å². The van der Waals surface area contributed by atoms with E-state index in [9.17, 15) is 9.59 Å². The highest BCUT2D eigenvalue weighted by Crippen LogP contribution is 2.22. The molecule has 0 aliphatic carbocycles. The van der Waals surface area contributed by atoms with Crippen LogP contribution in [-0.4, -0.2) is 49.7 Å². The van der Waals surface area contributed by atoms with Crippen LogP contribution in [0.3, 0.4) is 0 Å². The highest BCUT2D eigenvalue weighted by Gasteiger charge is 2.07. The van der Waals surface area contributed by atoms with Crippen molar-refractivity contribution in [1.29, 1.82) is 0 Å². The number of rotatable bonds is 8. The molecule has 0 spiro atoms. The maximum atomic E-state index is 11.9. The highest BCUT2D eigenvalue weighted by atomic mass is 35.5. The van der Waals surface area contributed by atoms with Gasteiger partial charge in [-0.25, -0.2) is 5.43 Å². The minimum atomic E-state index is -0.401. The molecule has 2 rings (SSSR count). The Labute approximate surface area is 168 Å². The number of hydrogen-bond acceptors (Lipinski definition) is 5. The Morgan fingerprint density at radius 2 is 1.71 bits per heavy atom. The van der Waals surface area contributed by atoms with Gasteiger partial charge in [-0.1, -0.05) is 23.7 Å². The van der Waals surface area contributed by atoms with Gasteiger partial charge in [0.25, 0.3) is 11.8 Å². The van der Waals surface area contributed by atoms with Gasteiger partial charge in [0.15, 0.2) is 13.2 Å². The van der Waals surface area contributed by atoms with Crippen LogP contribution >= 0.6 is 11.6 Å². The monoisotopic (exact) mass is 403 g/mol. The van der Waals surface area contributed by atoms with Crippen LogP contribution in [0.2, 0.25) is 5.02 Å². The van der Waals surface area contributed by atoms with E-state index < -0.39 is 5.91 Å². The van der Waals surface area contributed by atoms with Crippen molar-refractivity contribution < 1.29 is 19.1 Å². The molecule has 0 radical (unpaired) electrons. The molecule has 0 aliphatic heterocycles. The maximum absolute atomic E-state index is 11.9. The van der Waals surface area contributed by atoms with E-state index in [0.29, 0.717) is 22.2 Å². The molecule has 0 fully saturated rings. The number of halogens is 1. The molecule has 148 valence electrons. The molecule has 0 bridgehead atoms. The Morgan fingerprint density at radius 1 is 1.04 bits per heavy atom. The number of nitrogens with zero attached hydrogens (tertiary/aromatic N) is 2. The molecule has 28 heavy (non-hydrogen) atoms. The van der Waals surface area contributed by atoms with E-state index in [1.807, 2.05) is 0 Å². The number of para-hydroxylation sites is 1. The van der Waals surface area contributed by atoms with Crippen LogP contribution < -0.4 is 14.9 Å². The third-order valence-electron chi connectivity index (χ3n) is 3.68. The molecule has 0 saturated heterocycles. The van der Waals surface area contributed by atoms with Crippen LogP contribution in [0, 0.1) is 0 Å². The number of carbonyl (C=O) groups is 2. The Morgan fingerprint density at radius 3 is 2.36 bits per heavy atom. The van der Waals surface area contributed by atoms with Gasteiger partial charge in [0.1, 0.15) is 11.5 Å². The lowest BCUT2D eigenvalue weighted by molar-refractivity contribution is -0.130. The van der Waals surface area contributed by atoms with Crippen LogP contribution in [0.4, 0.5) is 0 Å². The van der Waals surface area contributed by atoms with E-state index in [-0.39, 0.29) is 19.1 Å². The first kappa shape index (κ1) is 21.2. The number of ether oxygens (including phenoxy) is 2. The van der Waals surface area contributed by atoms with Gasteiger partial charge in [-0.2, -0.15) is 5.10 Å². The van der Waals surface area contributed by atoms with E-state index in [1.165, 1.54) is 4.90 Å². The lowest BCUT2D eigenvalue weighted by Gasteiger charge is -2.11. The number of nitrogens with one attached hydrogen (secondary N) is 1. The van der Waals surface area contributed by atoms with Crippen molar-refractivity contribution in [2.75, 3.05) is 27.3 Å². The minimum Gasteiger partial charge on any atom is -0.484 e. The first-order chi connectivity index (χ1) is 13.4. The van der Waals surface area contributed by atoms with Gasteiger partial charge in [0.2, 0.25) is 0 Å². The fourth-order valence-electron chi connectivity index (χ4n) is 2.01. The number of hydrazone groups is 1. The smallest absolute Gasteiger partial charge is 0.277 e. The van der Waals surface area contributed by atoms with Crippen molar-refractivity contribution in [3.63, 3.8) is 0 Å². The highest BCUT2D eigenvalue weighted by molar-refractivity contribution is 6.32. The van der Waals surface area contributed by atoms with E-state index in [4.69, 9.17) is 21.1 Å². The quantitative estimate of drug-likeness (QED) is 0.543. The fraction of sp³-hybridized carbons (Fsp3) is 0.250. The normalized spacial score (nSPS) is 10.9. The van der Waals surface area contributed by atoms with Gasteiger partial charge in [0, 0.05) is 14.1 Å². The van der Waals surface area contributed by atoms with E-state index in [0.717, 1.165) is 5.56 Å². The molecular formula is C20H22ClN3O4. The zero-order chi connectivity index (χ0) is 20.5. The summed E-state index contributed by atoms with van der Waals surface area (Å²) >= 11 is 5.97. The van der Waals surface area contributed by atoms with Crippen LogP contribution in [0.5, 0.6) is 11.5 Å². The van der Waals surface area contributed by atoms with E-state index >= 15 is 0 Å². The van der Waals surface area contributed by atoms with Crippen LogP contribution in [0.1, 0.15) is 12.5 Å². The van der Waals surface area contributed by atoms with Crippen molar-refractivity contribution in [3.05, 3.63) is 59.1 Å². The fourth-order valence-corrected chi connectivity index (χ4v) is 2.20. The maximum Gasteiger partial charge on any atom is 0.277 e. The average molecular weight is 404 g/mol. The summed E-state index contributed by atoms with van der Waals surface area (Å²) in [6.45, 7) is 1.54. The molecule has 0 aliphatic rings. The van der Waals surface area contributed by atoms with Crippen molar-refractivity contribution in [3.8, 4) is 11.5 Å². The first-order valence-corrected chi connectivity index (χ1v) is 8.88. The van der Waals surface area contributed by atoms with Crippen LogP contribution in [0.25, 0.3) is 0 Å².